The standard InChI is InChI=1S/C15H25NO2/c1-12-7-8-15(14(11-12)13(2)16)18-10-6-4-3-5-9-17/h7-8,11,13,17H,3-6,9-10,16H2,1-2H3/t13-/m1/s1. The zero-order valence-corrected chi connectivity index (χ0v) is 11.5. The first-order chi connectivity index (χ1) is 8.65. The van der Waals surface area contributed by atoms with E-state index in [2.05, 4.69) is 13.0 Å². The van der Waals surface area contributed by atoms with E-state index >= 15 is 0 Å². The molecule has 3 N–H and O–H groups in total. The van der Waals surface area contributed by atoms with Crippen LogP contribution in [0.2, 0.25) is 0 Å². The summed E-state index contributed by atoms with van der Waals surface area (Å²) in [6, 6.07) is 6.13. The molecule has 3 nitrogen and oxygen atoms in total. The Bertz CT molecular complexity index is 350. The number of unbranched alkanes of at least 4 members (excludes halogenated alkanes) is 3. The minimum absolute atomic E-state index is 0.00529. The molecule has 102 valence electrons. The average Bonchev–Trinajstić information content (AvgIpc) is 2.35. The molecular weight excluding hydrogens is 226 g/mol. The minimum atomic E-state index is -0.00529. The van der Waals surface area contributed by atoms with Crippen LogP contribution in [0.25, 0.3) is 0 Å². The summed E-state index contributed by atoms with van der Waals surface area (Å²) < 4.78 is 5.79. The first kappa shape index (κ1) is 15.0. The Labute approximate surface area is 110 Å². The third kappa shape index (κ3) is 5.07. The van der Waals surface area contributed by atoms with E-state index in [9.17, 15) is 0 Å². The van der Waals surface area contributed by atoms with E-state index < -0.39 is 0 Å². The van der Waals surface area contributed by atoms with Gasteiger partial charge in [-0.15, -0.1) is 0 Å². The van der Waals surface area contributed by atoms with Crippen LogP contribution in [0.5, 0.6) is 5.75 Å². The van der Waals surface area contributed by atoms with Crippen LogP contribution in [0.4, 0.5) is 0 Å². The third-order valence-electron chi connectivity index (χ3n) is 2.97. The van der Waals surface area contributed by atoms with Crippen LogP contribution in [0.15, 0.2) is 18.2 Å². The van der Waals surface area contributed by atoms with Crippen molar-refractivity contribution in [3.63, 3.8) is 0 Å². The molecule has 1 aromatic carbocycles. The lowest BCUT2D eigenvalue weighted by Crippen LogP contribution is -2.09. The molecule has 0 heterocycles. The van der Waals surface area contributed by atoms with Crippen molar-refractivity contribution in [3.05, 3.63) is 29.3 Å². The molecule has 0 aromatic heterocycles. The van der Waals surface area contributed by atoms with Gasteiger partial charge in [-0.3, -0.25) is 0 Å². The molecule has 0 aliphatic rings. The lowest BCUT2D eigenvalue weighted by molar-refractivity contribution is 0.272. The van der Waals surface area contributed by atoms with Gasteiger partial charge in [0.2, 0.25) is 0 Å². The zero-order chi connectivity index (χ0) is 13.4. The largest absolute Gasteiger partial charge is 0.493 e. The summed E-state index contributed by atoms with van der Waals surface area (Å²) in [5.74, 6) is 0.901. The molecule has 0 fully saturated rings. The Kier molecular flexibility index (Phi) is 6.76. The monoisotopic (exact) mass is 251 g/mol. The van der Waals surface area contributed by atoms with Crippen LogP contribution >= 0.6 is 0 Å². The van der Waals surface area contributed by atoms with Crippen LogP contribution < -0.4 is 10.5 Å². The minimum Gasteiger partial charge on any atom is -0.493 e. The summed E-state index contributed by atoms with van der Waals surface area (Å²) in [5, 5.41) is 8.68. The Hall–Kier alpha value is -1.06. The van der Waals surface area contributed by atoms with Crippen LogP contribution in [0.1, 0.15) is 49.8 Å². The van der Waals surface area contributed by atoms with Gasteiger partial charge in [0.05, 0.1) is 6.61 Å². The number of aryl methyl sites for hydroxylation is 1. The molecule has 1 atom stereocenters. The topological polar surface area (TPSA) is 55.5 Å². The third-order valence-corrected chi connectivity index (χ3v) is 2.97. The number of hydrogen-bond acceptors (Lipinski definition) is 3. The van der Waals surface area contributed by atoms with Crippen molar-refractivity contribution in [3.8, 4) is 5.75 Å². The summed E-state index contributed by atoms with van der Waals surface area (Å²) >= 11 is 0. The highest BCUT2D eigenvalue weighted by Crippen LogP contribution is 2.25. The van der Waals surface area contributed by atoms with Crippen molar-refractivity contribution in [2.24, 2.45) is 5.73 Å². The van der Waals surface area contributed by atoms with E-state index in [-0.39, 0.29) is 12.6 Å². The van der Waals surface area contributed by atoms with Gasteiger partial charge in [0.15, 0.2) is 0 Å². The number of rotatable bonds is 8. The van der Waals surface area contributed by atoms with Gasteiger partial charge in [0, 0.05) is 18.2 Å². The highest BCUT2D eigenvalue weighted by Gasteiger charge is 2.08. The summed E-state index contributed by atoms with van der Waals surface area (Å²) in [7, 11) is 0. The quantitative estimate of drug-likeness (QED) is 0.698. The Balaban J connectivity index is 2.42. The second kappa shape index (κ2) is 8.11. The van der Waals surface area contributed by atoms with Crippen LogP contribution in [0, 0.1) is 6.92 Å². The number of nitrogens with two attached hydrogens (primary N) is 1. The van der Waals surface area contributed by atoms with Crippen molar-refractivity contribution in [1.29, 1.82) is 0 Å². The van der Waals surface area contributed by atoms with E-state index in [4.69, 9.17) is 15.6 Å². The number of aliphatic hydroxyl groups excluding tert-OH is 1. The summed E-state index contributed by atoms with van der Waals surface area (Å²) in [5.41, 5.74) is 8.23. The molecule has 0 radical (unpaired) electrons. The number of ether oxygens (including phenoxy) is 1. The molecular formula is C15H25NO2. The fourth-order valence-electron chi connectivity index (χ4n) is 1.90. The molecule has 0 spiro atoms. The predicted octanol–water partition coefficient (Wildman–Crippen LogP) is 2.95. The molecule has 0 unspecified atom stereocenters. The van der Waals surface area contributed by atoms with Crippen LogP contribution in [0.3, 0.4) is 0 Å². The van der Waals surface area contributed by atoms with E-state index in [1.165, 1.54) is 5.56 Å². The molecule has 0 saturated heterocycles. The van der Waals surface area contributed by atoms with E-state index in [1.54, 1.807) is 0 Å². The van der Waals surface area contributed by atoms with Crippen molar-refractivity contribution in [2.75, 3.05) is 13.2 Å². The van der Waals surface area contributed by atoms with Crippen molar-refractivity contribution in [1.82, 2.24) is 0 Å². The Morgan fingerprint density at radius 3 is 2.61 bits per heavy atom. The summed E-state index contributed by atoms with van der Waals surface area (Å²) in [6.07, 6.45) is 4.07. The molecule has 0 aliphatic carbocycles. The maximum Gasteiger partial charge on any atom is 0.124 e. The van der Waals surface area contributed by atoms with Gasteiger partial charge in [0.1, 0.15) is 5.75 Å². The second-order valence-corrected chi connectivity index (χ2v) is 4.82. The molecule has 0 amide bonds. The van der Waals surface area contributed by atoms with E-state index in [0.717, 1.165) is 37.0 Å². The van der Waals surface area contributed by atoms with E-state index in [1.807, 2.05) is 19.1 Å². The van der Waals surface area contributed by atoms with Gasteiger partial charge in [-0.1, -0.05) is 24.1 Å². The number of aliphatic hydroxyl groups is 1. The van der Waals surface area contributed by atoms with Crippen LogP contribution in [-0.4, -0.2) is 18.3 Å². The fraction of sp³-hybridized carbons (Fsp3) is 0.600. The maximum absolute atomic E-state index is 8.68. The van der Waals surface area contributed by atoms with Crippen LogP contribution in [-0.2, 0) is 0 Å². The van der Waals surface area contributed by atoms with Crippen molar-refractivity contribution in [2.45, 2.75) is 45.6 Å². The summed E-state index contributed by atoms with van der Waals surface area (Å²) in [6.45, 7) is 5.04. The van der Waals surface area contributed by atoms with E-state index in [0.29, 0.717) is 6.61 Å². The maximum atomic E-state index is 8.68. The molecule has 3 heteroatoms. The Morgan fingerprint density at radius 2 is 1.94 bits per heavy atom. The SMILES string of the molecule is Cc1ccc(OCCCCCCO)c([C@@H](C)N)c1. The molecule has 0 bridgehead atoms. The van der Waals surface area contributed by atoms with Gasteiger partial charge < -0.3 is 15.6 Å². The van der Waals surface area contributed by atoms with Gasteiger partial charge in [-0.05, 0) is 39.2 Å². The number of hydrogen-bond donors (Lipinski definition) is 2. The average molecular weight is 251 g/mol. The number of benzene rings is 1. The molecule has 1 aromatic rings. The van der Waals surface area contributed by atoms with Crippen molar-refractivity contribution >= 4 is 0 Å². The van der Waals surface area contributed by atoms with Gasteiger partial charge in [-0.25, -0.2) is 0 Å². The van der Waals surface area contributed by atoms with Gasteiger partial charge in [0.25, 0.3) is 0 Å². The molecule has 0 aliphatic heterocycles. The fourth-order valence-corrected chi connectivity index (χ4v) is 1.90. The first-order valence-electron chi connectivity index (χ1n) is 6.75. The smallest absolute Gasteiger partial charge is 0.124 e. The normalized spacial score (nSPS) is 12.4. The molecule has 18 heavy (non-hydrogen) atoms. The molecule has 0 saturated carbocycles. The predicted molar refractivity (Wildman–Crippen MR) is 74.8 cm³/mol. The van der Waals surface area contributed by atoms with Gasteiger partial charge >= 0.3 is 0 Å². The Morgan fingerprint density at radius 1 is 1.22 bits per heavy atom. The highest BCUT2D eigenvalue weighted by molar-refractivity contribution is 5.38. The lowest BCUT2D eigenvalue weighted by Gasteiger charge is -2.14. The van der Waals surface area contributed by atoms with Gasteiger partial charge in [-0.2, -0.15) is 0 Å². The second-order valence-electron chi connectivity index (χ2n) is 4.82. The molecule has 1 rings (SSSR count). The first-order valence-corrected chi connectivity index (χ1v) is 6.75. The lowest BCUT2D eigenvalue weighted by atomic mass is 10.1. The summed E-state index contributed by atoms with van der Waals surface area (Å²) in [4.78, 5) is 0. The van der Waals surface area contributed by atoms with Crippen molar-refractivity contribution < 1.29 is 9.84 Å². The zero-order valence-electron chi connectivity index (χ0n) is 11.5. The highest BCUT2D eigenvalue weighted by atomic mass is 16.5.